The molecule has 1 amide bonds. The first-order valence-electron chi connectivity index (χ1n) is 7.10. The fourth-order valence-electron chi connectivity index (χ4n) is 1.93. The van der Waals surface area contributed by atoms with Crippen LogP contribution < -0.4 is 11.1 Å². The standard InChI is InChI=1S/C17H16F2N2O3/c1-10-2-3-11(6-14(10)19)8-21-16(22)9-24-17(23)13-5-4-12(18)7-15(13)20/h2-7H,8-9,20H2,1H3,(H,21,22). The summed E-state index contributed by atoms with van der Waals surface area (Å²) >= 11 is 0. The molecule has 0 aliphatic rings. The summed E-state index contributed by atoms with van der Waals surface area (Å²) in [6.07, 6.45) is 0. The zero-order chi connectivity index (χ0) is 17.7. The second-order valence-electron chi connectivity index (χ2n) is 5.17. The summed E-state index contributed by atoms with van der Waals surface area (Å²) < 4.78 is 31.1. The zero-order valence-electron chi connectivity index (χ0n) is 12.9. The molecule has 0 radical (unpaired) electrons. The lowest BCUT2D eigenvalue weighted by atomic mass is 10.1. The van der Waals surface area contributed by atoms with Crippen LogP contribution in [0.2, 0.25) is 0 Å². The number of ether oxygens (including phenoxy) is 1. The van der Waals surface area contributed by atoms with E-state index < -0.39 is 24.3 Å². The van der Waals surface area contributed by atoms with Gasteiger partial charge in [0.15, 0.2) is 6.61 Å². The highest BCUT2D eigenvalue weighted by Gasteiger charge is 2.13. The van der Waals surface area contributed by atoms with Crippen molar-refractivity contribution in [3.63, 3.8) is 0 Å². The van der Waals surface area contributed by atoms with E-state index >= 15 is 0 Å². The molecule has 24 heavy (non-hydrogen) atoms. The van der Waals surface area contributed by atoms with Crippen LogP contribution in [0.5, 0.6) is 0 Å². The number of esters is 1. The van der Waals surface area contributed by atoms with E-state index in [1.807, 2.05) is 0 Å². The van der Waals surface area contributed by atoms with Gasteiger partial charge in [-0.25, -0.2) is 13.6 Å². The SMILES string of the molecule is Cc1ccc(CNC(=O)COC(=O)c2ccc(F)cc2N)cc1F. The van der Waals surface area contributed by atoms with Gasteiger partial charge in [-0.3, -0.25) is 4.79 Å². The number of carbonyl (C=O) groups is 2. The second kappa shape index (κ2) is 7.54. The van der Waals surface area contributed by atoms with Crippen molar-refractivity contribution in [1.29, 1.82) is 0 Å². The highest BCUT2D eigenvalue weighted by molar-refractivity contribution is 5.96. The van der Waals surface area contributed by atoms with Crippen LogP contribution in [0.1, 0.15) is 21.5 Å². The molecule has 0 spiro atoms. The number of nitrogens with one attached hydrogen (secondary N) is 1. The van der Waals surface area contributed by atoms with E-state index in [0.717, 1.165) is 12.1 Å². The summed E-state index contributed by atoms with van der Waals surface area (Å²) in [6.45, 7) is 1.22. The first-order valence-corrected chi connectivity index (χ1v) is 7.10. The van der Waals surface area contributed by atoms with Crippen molar-refractivity contribution in [2.75, 3.05) is 12.3 Å². The molecular formula is C17H16F2N2O3. The number of amides is 1. The number of hydrogen-bond donors (Lipinski definition) is 2. The molecule has 5 nitrogen and oxygen atoms in total. The molecule has 0 bridgehead atoms. The molecule has 0 saturated carbocycles. The van der Waals surface area contributed by atoms with Crippen molar-refractivity contribution in [1.82, 2.24) is 5.32 Å². The molecule has 0 atom stereocenters. The number of halogens is 2. The normalized spacial score (nSPS) is 10.3. The van der Waals surface area contributed by atoms with Crippen molar-refractivity contribution in [2.24, 2.45) is 0 Å². The van der Waals surface area contributed by atoms with Crippen molar-refractivity contribution in [2.45, 2.75) is 13.5 Å². The molecule has 0 aliphatic heterocycles. The van der Waals surface area contributed by atoms with E-state index in [1.54, 1.807) is 19.1 Å². The first kappa shape index (κ1) is 17.4. The summed E-state index contributed by atoms with van der Waals surface area (Å²) in [5, 5.41) is 2.50. The van der Waals surface area contributed by atoms with Gasteiger partial charge in [-0.1, -0.05) is 12.1 Å². The topological polar surface area (TPSA) is 81.4 Å². The van der Waals surface area contributed by atoms with E-state index in [2.05, 4.69) is 5.32 Å². The average Bonchev–Trinajstić information content (AvgIpc) is 2.53. The van der Waals surface area contributed by atoms with Gasteiger partial charge in [0, 0.05) is 12.2 Å². The smallest absolute Gasteiger partial charge is 0.340 e. The predicted octanol–water partition coefficient (Wildman–Crippen LogP) is 2.33. The van der Waals surface area contributed by atoms with E-state index in [1.165, 1.54) is 12.1 Å². The van der Waals surface area contributed by atoms with Gasteiger partial charge < -0.3 is 15.8 Å². The number of hydrogen-bond acceptors (Lipinski definition) is 4. The van der Waals surface area contributed by atoms with Gasteiger partial charge in [0.25, 0.3) is 5.91 Å². The molecule has 0 fully saturated rings. The summed E-state index contributed by atoms with van der Waals surface area (Å²) in [6, 6.07) is 7.85. The Hall–Kier alpha value is -2.96. The number of nitrogen functional groups attached to an aromatic ring is 1. The molecule has 2 aromatic carbocycles. The van der Waals surface area contributed by atoms with Crippen LogP contribution in [0.15, 0.2) is 36.4 Å². The van der Waals surface area contributed by atoms with Crippen molar-refractivity contribution < 1.29 is 23.1 Å². The number of anilines is 1. The summed E-state index contributed by atoms with van der Waals surface area (Å²) in [4.78, 5) is 23.5. The van der Waals surface area contributed by atoms with Crippen LogP contribution in [0.25, 0.3) is 0 Å². The van der Waals surface area contributed by atoms with Crippen LogP contribution >= 0.6 is 0 Å². The fourth-order valence-corrected chi connectivity index (χ4v) is 1.93. The molecule has 126 valence electrons. The predicted molar refractivity (Wildman–Crippen MR) is 84.1 cm³/mol. The van der Waals surface area contributed by atoms with Gasteiger partial charge in [-0.2, -0.15) is 0 Å². The Morgan fingerprint density at radius 1 is 1.17 bits per heavy atom. The third kappa shape index (κ3) is 4.52. The van der Waals surface area contributed by atoms with Gasteiger partial charge in [0.2, 0.25) is 0 Å². The monoisotopic (exact) mass is 334 g/mol. The van der Waals surface area contributed by atoms with Crippen molar-refractivity contribution in [3.05, 3.63) is 64.7 Å². The fraction of sp³-hybridized carbons (Fsp3) is 0.176. The minimum absolute atomic E-state index is 0.0233. The van der Waals surface area contributed by atoms with Gasteiger partial charge in [0.1, 0.15) is 11.6 Å². The maximum absolute atomic E-state index is 13.4. The minimum atomic E-state index is -0.830. The molecule has 0 unspecified atom stereocenters. The number of rotatable bonds is 5. The van der Waals surface area contributed by atoms with E-state index in [0.29, 0.717) is 11.1 Å². The van der Waals surface area contributed by atoms with Crippen LogP contribution in [0, 0.1) is 18.6 Å². The molecule has 0 aliphatic carbocycles. The second-order valence-corrected chi connectivity index (χ2v) is 5.17. The lowest BCUT2D eigenvalue weighted by Gasteiger charge is -2.08. The summed E-state index contributed by atoms with van der Waals surface area (Å²) in [5.74, 6) is -2.32. The quantitative estimate of drug-likeness (QED) is 0.649. The van der Waals surface area contributed by atoms with Crippen molar-refractivity contribution in [3.8, 4) is 0 Å². The maximum Gasteiger partial charge on any atom is 0.340 e. The van der Waals surface area contributed by atoms with E-state index in [9.17, 15) is 18.4 Å². The minimum Gasteiger partial charge on any atom is -0.452 e. The Morgan fingerprint density at radius 3 is 2.58 bits per heavy atom. The Kier molecular flexibility index (Phi) is 5.47. The Morgan fingerprint density at radius 2 is 1.92 bits per heavy atom. The molecule has 0 saturated heterocycles. The molecule has 0 aromatic heterocycles. The third-order valence-corrected chi connectivity index (χ3v) is 3.29. The molecule has 0 heterocycles. The first-order chi connectivity index (χ1) is 11.4. The van der Waals surface area contributed by atoms with Gasteiger partial charge >= 0.3 is 5.97 Å². The summed E-state index contributed by atoms with van der Waals surface area (Å²) in [5.41, 5.74) is 6.51. The lowest BCUT2D eigenvalue weighted by molar-refractivity contribution is -0.124. The van der Waals surface area contributed by atoms with E-state index in [-0.39, 0.29) is 23.6 Å². The number of aryl methyl sites for hydroxylation is 1. The lowest BCUT2D eigenvalue weighted by Crippen LogP contribution is -2.28. The van der Waals surface area contributed by atoms with Crippen LogP contribution in [0.4, 0.5) is 14.5 Å². The number of carbonyl (C=O) groups excluding carboxylic acids is 2. The highest BCUT2D eigenvalue weighted by Crippen LogP contribution is 2.14. The number of nitrogens with two attached hydrogens (primary N) is 1. The largest absolute Gasteiger partial charge is 0.452 e. The van der Waals surface area contributed by atoms with E-state index in [4.69, 9.17) is 10.5 Å². The molecule has 3 N–H and O–H groups in total. The Bertz CT molecular complexity index is 778. The highest BCUT2D eigenvalue weighted by atomic mass is 19.1. The van der Waals surface area contributed by atoms with Gasteiger partial charge in [-0.15, -0.1) is 0 Å². The van der Waals surface area contributed by atoms with Crippen LogP contribution in [-0.4, -0.2) is 18.5 Å². The van der Waals surface area contributed by atoms with Gasteiger partial charge in [0.05, 0.1) is 5.56 Å². The Balaban J connectivity index is 1.84. The zero-order valence-corrected chi connectivity index (χ0v) is 12.9. The van der Waals surface area contributed by atoms with Crippen molar-refractivity contribution >= 4 is 17.6 Å². The summed E-state index contributed by atoms with van der Waals surface area (Å²) in [7, 11) is 0. The number of benzene rings is 2. The maximum atomic E-state index is 13.4. The molecule has 2 aromatic rings. The molecule has 2 rings (SSSR count). The Labute approximate surface area is 137 Å². The average molecular weight is 334 g/mol. The van der Waals surface area contributed by atoms with Gasteiger partial charge in [-0.05, 0) is 42.3 Å². The third-order valence-electron chi connectivity index (χ3n) is 3.29. The molecular weight excluding hydrogens is 318 g/mol. The molecule has 7 heteroatoms. The van der Waals surface area contributed by atoms with Crippen LogP contribution in [0.3, 0.4) is 0 Å². The van der Waals surface area contributed by atoms with Crippen LogP contribution in [-0.2, 0) is 16.1 Å².